The molecule has 1 unspecified atom stereocenters. The van der Waals surface area contributed by atoms with Crippen molar-refractivity contribution >= 4 is 0 Å². The van der Waals surface area contributed by atoms with E-state index in [4.69, 9.17) is 15.2 Å². The second-order valence-electron chi connectivity index (χ2n) is 5.70. The average molecular weight is 293 g/mol. The quantitative estimate of drug-likeness (QED) is 0.790. The number of nitrogens with two attached hydrogens (primary N) is 1. The highest BCUT2D eigenvalue weighted by atomic mass is 16.7. The van der Waals surface area contributed by atoms with Crippen molar-refractivity contribution in [1.82, 2.24) is 9.80 Å². The van der Waals surface area contributed by atoms with Gasteiger partial charge in [0.15, 0.2) is 11.5 Å². The Bertz CT molecular complexity index is 451. The number of nitrogens with zero attached hydrogens (tertiary/aromatic N) is 2. The summed E-state index contributed by atoms with van der Waals surface area (Å²) in [7, 11) is 4.20. The Morgan fingerprint density at radius 1 is 1.14 bits per heavy atom. The van der Waals surface area contributed by atoms with Gasteiger partial charge >= 0.3 is 0 Å². The lowest BCUT2D eigenvalue weighted by Crippen LogP contribution is -2.38. The van der Waals surface area contributed by atoms with E-state index in [1.165, 1.54) is 5.56 Å². The molecule has 0 fully saturated rings. The van der Waals surface area contributed by atoms with Gasteiger partial charge in [-0.1, -0.05) is 13.0 Å². The molecule has 0 spiro atoms. The minimum atomic E-state index is 0.222. The van der Waals surface area contributed by atoms with E-state index in [0.29, 0.717) is 13.3 Å². The molecular weight excluding hydrogens is 266 g/mol. The monoisotopic (exact) mass is 293 g/mol. The van der Waals surface area contributed by atoms with Gasteiger partial charge in [-0.25, -0.2) is 0 Å². The molecule has 2 N–H and O–H groups in total. The predicted molar refractivity (Wildman–Crippen MR) is 84.8 cm³/mol. The first-order valence-electron chi connectivity index (χ1n) is 7.64. The summed E-state index contributed by atoms with van der Waals surface area (Å²) in [6.45, 7) is 6.21. The lowest BCUT2D eigenvalue weighted by molar-refractivity contribution is 0.173. The van der Waals surface area contributed by atoms with E-state index in [9.17, 15) is 0 Å². The zero-order valence-electron chi connectivity index (χ0n) is 13.3. The van der Waals surface area contributed by atoms with Crippen molar-refractivity contribution in [1.29, 1.82) is 0 Å². The fourth-order valence-electron chi connectivity index (χ4n) is 2.66. The van der Waals surface area contributed by atoms with Crippen LogP contribution in [0.1, 0.15) is 24.9 Å². The molecular formula is C16H27N3O2. The number of benzene rings is 1. The van der Waals surface area contributed by atoms with Crippen LogP contribution in [0, 0.1) is 0 Å². The molecule has 5 nitrogen and oxygen atoms in total. The summed E-state index contributed by atoms with van der Waals surface area (Å²) in [5, 5.41) is 0. The maximum Gasteiger partial charge on any atom is 0.231 e. The second-order valence-corrected chi connectivity index (χ2v) is 5.70. The minimum Gasteiger partial charge on any atom is -0.454 e. The molecule has 0 amide bonds. The summed E-state index contributed by atoms with van der Waals surface area (Å²) in [5.74, 6) is 1.65. The Hall–Kier alpha value is -1.30. The third-order valence-electron chi connectivity index (χ3n) is 3.79. The molecule has 1 aliphatic rings. The number of likely N-dealkylation sites (N-methyl/N-ethyl adjacent to an activating group) is 1. The van der Waals surface area contributed by atoms with Gasteiger partial charge in [-0.05, 0) is 44.8 Å². The Balaban J connectivity index is 2.14. The number of fused-ring (bicyclic) bond motifs is 1. The van der Waals surface area contributed by atoms with Gasteiger partial charge in [0.05, 0.1) is 0 Å². The first-order valence-corrected chi connectivity index (χ1v) is 7.64. The smallest absolute Gasteiger partial charge is 0.231 e. The molecule has 1 aromatic carbocycles. The number of hydrogen-bond donors (Lipinski definition) is 1. The lowest BCUT2D eigenvalue weighted by Gasteiger charge is -2.32. The first-order chi connectivity index (χ1) is 10.2. The molecule has 21 heavy (non-hydrogen) atoms. The van der Waals surface area contributed by atoms with Gasteiger partial charge in [0.25, 0.3) is 0 Å². The fourth-order valence-corrected chi connectivity index (χ4v) is 2.66. The van der Waals surface area contributed by atoms with Crippen molar-refractivity contribution in [2.75, 3.05) is 47.1 Å². The van der Waals surface area contributed by atoms with Crippen LogP contribution in [-0.4, -0.2) is 56.9 Å². The van der Waals surface area contributed by atoms with E-state index in [2.05, 4.69) is 43.0 Å². The summed E-state index contributed by atoms with van der Waals surface area (Å²) >= 11 is 0. The van der Waals surface area contributed by atoms with E-state index >= 15 is 0 Å². The Morgan fingerprint density at radius 2 is 1.90 bits per heavy atom. The van der Waals surface area contributed by atoms with Gasteiger partial charge in [0.2, 0.25) is 6.79 Å². The van der Waals surface area contributed by atoms with Gasteiger partial charge in [0, 0.05) is 25.7 Å². The summed E-state index contributed by atoms with van der Waals surface area (Å²) in [4.78, 5) is 4.66. The number of ether oxygens (including phenoxy) is 2. The van der Waals surface area contributed by atoms with Crippen LogP contribution in [0.2, 0.25) is 0 Å². The Kier molecular flexibility index (Phi) is 5.85. The minimum absolute atomic E-state index is 0.222. The van der Waals surface area contributed by atoms with E-state index < -0.39 is 0 Å². The molecule has 0 saturated heterocycles. The van der Waals surface area contributed by atoms with E-state index in [-0.39, 0.29) is 6.04 Å². The molecule has 0 aromatic heterocycles. The van der Waals surface area contributed by atoms with Crippen LogP contribution in [-0.2, 0) is 0 Å². The topological polar surface area (TPSA) is 51.0 Å². The van der Waals surface area contributed by atoms with Crippen LogP contribution >= 0.6 is 0 Å². The van der Waals surface area contributed by atoms with Crippen molar-refractivity contribution in [2.24, 2.45) is 5.73 Å². The van der Waals surface area contributed by atoms with Gasteiger partial charge in [-0.15, -0.1) is 0 Å². The zero-order valence-corrected chi connectivity index (χ0v) is 13.3. The standard InChI is InChI=1S/C16H27N3O2/c1-4-7-19(9-8-18(2)3)14(11-17)13-5-6-15-16(10-13)21-12-20-15/h5-6,10,14H,4,7-9,11-12,17H2,1-3H3. The molecule has 1 heterocycles. The molecule has 0 bridgehead atoms. The summed E-state index contributed by atoms with van der Waals surface area (Å²) < 4.78 is 10.9. The summed E-state index contributed by atoms with van der Waals surface area (Å²) in [6, 6.07) is 6.37. The molecule has 118 valence electrons. The highest BCUT2D eigenvalue weighted by molar-refractivity contribution is 5.45. The molecule has 0 saturated carbocycles. The highest BCUT2D eigenvalue weighted by Gasteiger charge is 2.21. The van der Waals surface area contributed by atoms with E-state index in [1.807, 2.05) is 6.07 Å². The van der Waals surface area contributed by atoms with Gasteiger partial charge in [-0.2, -0.15) is 0 Å². The predicted octanol–water partition coefficient (Wildman–Crippen LogP) is 1.69. The van der Waals surface area contributed by atoms with Crippen molar-refractivity contribution in [3.63, 3.8) is 0 Å². The van der Waals surface area contributed by atoms with Crippen molar-refractivity contribution < 1.29 is 9.47 Å². The third kappa shape index (κ3) is 4.09. The highest BCUT2D eigenvalue weighted by Crippen LogP contribution is 2.35. The Morgan fingerprint density at radius 3 is 2.57 bits per heavy atom. The summed E-state index contributed by atoms with van der Waals surface area (Å²) in [6.07, 6.45) is 1.12. The molecule has 2 rings (SSSR count). The molecule has 0 radical (unpaired) electrons. The van der Waals surface area contributed by atoms with Gasteiger partial charge in [-0.3, -0.25) is 4.90 Å². The van der Waals surface area contributed by atoms with Crippen LogP contribution in [0.25, 0.3) is 0 Å². The molecule has 1 atom stereocenters. The Labute approximate surface area is 127 Å². The van der Waals surface area contributed by atoms with Crippen LogP contribution < -0.4 is 15.2 Å². The van der Waals surface area contributed by atoms with Crippen molar-refractivity contribution in [2.45, 2.75) is 19.4 Å². The van der Waals surface area contributed by atoms with Crippen LogP contribution in [0.15, 0.2) is 18.2 Å². The molecule has 1 aliphatic heterocycles. The van der Waals surface area contributed by atoms with Gasteiger partial charge in [0.1, 0.15) is 0 Å². The number of rotatable bonds is 8. The van der Waals surface area contributed by atoms with E-state index in [0.717, 1.165) is 37.6 Å². The van der Waals surface area contributed by atoms with Crippen LogP contribution in [0.5, 0.6) is 11.5 Å². The molecule has 1 aromatic rings. The lowest BCUT2D eigenvalue weighted by atomic mass is 10.0. The van der Waals surface area contributed by atoms with E-state index in [1.54, 1.807) is 0 Å². The number of hydrogen-bond acceptors (Lipinski definition) is 5. The molecule has 5 heteroatoms. The van der Waals surface area contributed by atoms with Gasteiger partial charge < -0.3 is 20.1 Å². The SMILES string of the molecule is CCCN(CCN(C)C)C(CN)c1ccc2c(c1)OCO2. The zero-order chi connectivity index (χ0) is 15.2. The van der Waals surface area contributed by atoms with Crippen molar-refractivity contribution in [3.05, 3.63) is 23.8 Å². The van der Waals surface area contributed by atoms with Crippen molar-refractivity contribution in [3.8, 4) is 11.5 Å². The van der Waals surface area contributed by atoms with Crippen LogP contribution in [0.4, 0.5) is 0 Å². The second kappa shape index (κ2) is 7.64. The average Bonchev–Trinajstić information content (AvgIpc) is 2.93. The third-order valence-corrected chi connectivity index (χ3v) is 3.79. The maximum atomic E-state index is 6.06. The summed E-state index contributed by atoms with van der Waals surface area (Å²) in [5.41, 5.74) is 7.26. The normalized spacial score (nSPS) is 15.0. The fraction of sp³-hybridized carbons (Fsp3) is 0.625. The largest absolute Gasteiger partial charge is 0.454 e. The van der Waals surface area contributed by atoms with Crippen LogP contribution in [0.3, 0.4) is 0 Å². The maximum absolute atomic E-state index is 6.06. The molecule has 0 aliphatic carbocycles. The first kappa shape index (κ1) is 16.1.